The molecule has 0 atom stereocenters. The van der Waals surface area contributed by atoms with E-state index in [1.165, 1.54) is 43.5 Å². The molecular weight excluding hydrogens is 654 g/mol. The summed E-state index contributed by atoms with van der Waals surface area (Å²) >= 11 is 9.99. The largest absolute Gasteiger partial charge is 0.493 e. The van der Waals surface area contributed by atoms with Gasteiger partial charge in [-0.05, 0) is 87.2 Å². The monoisotopic (exact) mass is 673 g/mol. The van der Waals surface area contributed by atoms with Gasteiger partial charge in [0.15, 0.2) is 11.5 Å². The van der Waals surface area contributed by atoms with Crippen molar-refractivity contribution in [2.45, 2.75) is 4.90 Å². The Hall–Kier alpha value is -3.51. The second-order valence-electron chi connectivity index (χ2n) is 8.68. The van der Waals surface area contributed by atoms with Crippen LogP contribution in [0.3, 0.4) is 0 Å². The molecule has 0 saturated carbocycles. The molecular formula is C29H21BrClNO7S2. The predicted octanol–water partition coefficient (Wildman–Crippen LogP) is 7.15. The first kappa shape index (κ1) is 29.0. The van der Waals surface area contributed by atoms with E-state index >= 15 is 0 Å². The Labute approximate surface area is 254 Å². The van der Waals surface area contributed by atoms with E-state index in [9.17, 15) is 18.0 Å². The minimum Gasteiger partial charge on any atom is -0.493 e. The fourth-order valence-corrected chi connectivity index (χ4v) is 6.67. The molecule has 12 heteroatoms. The summed E-state index contributed by atoms with van der Waals surface area (Å²) in [5.74, 6) is 0.245. The van der Waals surface area contributed by atoms with Crippen LogP contribution < -0.4 is 13.7 Å². The van der Waals surface area contributed by atoms with Crippen LogP contribution in [-0.2, 0) is 14.9 Å². The summed E-state index contributed by atoms with van der Waals surface area (Å²) in [6.07, 6.45) is 1.53. The van der Waals surface area contributed by atoms with Crippen LogP contribution >= 0.6 is 39.3 Å². The number of methoxy groups -OCH3 is 1. The van der Waals surface area contributed by atoms with Crippen LogP contribution in [0.25, 0.3) is 16.8 Å². The van der Waals surface area contributed by atoms with Crippen molar-refractivity contribution >= 4 is 77.4 Å². The third-order valence-corrected chi connectivity index (χ3v) is 9.02. The summed E-state index contributed by atoms with van der Waals surface area (Å²) in [5.41, 5.74) is 0.488. The van der Waals surface area contributed by atoms with Gasteiger partial charge >= 0.3 is 10.1 Å². The van der Waals surface area contributed by atoms with Gasteiger partial charge in [0.05, 0.1) is 23.0 Å². The van der Waals surface area contributed by atoms with Gasteiger partial charge in [-0.15, -0.1) is 0 Å². The smallest absolute Gasteiger partial charge is 0.339 e. The number of imide groups is 1. The number of carbonyl (C=O) groups is 2. The van der Waals surface area contributed by atoms with E-state index in [4.69, 9.17) is 25.3 Å². The molecule has 1 heterocycles. The van der Waals surface area contributed by atoms with Gasteiger partial charge in [0.25, 0.3) is 11.1 Å². The van der Waals surface area contributed by atoms with Crippen LogP contribution in [0.1, 0.15) is 5.56 Å². The standard InChI is InChI=1S/C29H21BrClNO7S2/c1-37-25-16-18(15-23(30)27(25)39-41(35,36)21-11-9-20(31)10-12-21)17-26-28(33)32(29(34)40-26)13-14-38-24-8-4-6-19-5-2-3-7-22(19)24/h2-12,15-17H,13-14H2,1H3/b26-17-. The van der Waals surface area contributed by atoms with E-state index in [-0.39, 0.29) is 38.9 Å². The fourth-order valence-electron chi connectivity index (χ4n) is 4.08. The van der Waals surface area contributed by atoms with Crippen LogP contribution in [0.15, 0.2) is 93.1 Å². The van der Waals surface area contributed by atoms with Crippen molar-refractivity contribution in [1.29, 1.82) is 0 Å². The molecule has 1 aliphatic rings. The molecule has 0 bridgehead atoms. The number of amides is 2. The Morgan fingerprint density at radius 3 is 2.46 bits per heavy atom. The molecule has 1 saturated heterocycles. The van der Waals surface area contributed by atoms with Crippen molar-refractivity contribution in [3.8, 4) is 17.2 Å². The zero-order valence-corrected chi connectivity index (χ0v) is 25.3. The molecule has 210 valence electrons. The van der Waals surface area contributed by atoms with E-state index in [1.54, 1.807) is 6.07 Å². The summed E-state index contributed by atoms with van der Waals surface area (Å²) in [7, 11) is -2.83. The number of benzene rings is 4. The summed E-state index contributed by atoms with van der Waals surface area (Å²) in [4.78, 5) is 26.9. The first-order chi connectivity index (χ1) is 19.7. The van der Waals surface area contributed by atoms with Crippen molar-refractivity contribution in [3.63, 3.8) is 0 Å². The Bertz CT molecular complexity index is 1790. The highest BCUT2D eigenvalue weighted by Gasteiger charge is 2.35. The second kappa shape index (κ2) is 12.2. The summed E-state index contributed by atoms with van der Waals surface area (Å²) < 4.78 is 42.5. The van der Waals surface area contributed by atoms with Gasteiger partial charge in [-0.1, -0.05) is 48.0 Å². The van der Waals surface area contributed by atoms with Gasteiger partial charge < -0.3 is 13.7 Å². The number of rotatable bonds is 9. The first-order valence-electron chi connectivity index (χ1n) is 12.1. The number of fused-ring (bicyclic) bond motifs is 1. The van der Waals surface area contributed by atoms with Crippen molar-refractivity contribution < 1.29 is 31.7 Å². The van der Waals surface area contributed by atoms with Crippen molar-refractivity contribution in [1.82, 2.24) is 4.90 Å². The molecule has 5 rings (SSSR count). The van der Waals surface area contributed by atoms with Crippen molar-refractivity contribution in [2.24, 2.45) is 0 Å². The van der Waals surface area contributed by atoms with Crippen LogP contribution in [-0.4, -0.2) is 44.7 Å². The zero-order chi connectivity index (χ0) is 29.1. The molecule has 4 aromatic rings. The molecule has 2 amide bonds. The minimum atomic E-state index is -4.19. The highest BCUT2D eigenvalue weighted by molar-refractivity contribution is 9.10. The molecule has 0 N–H and O–H groups in total. The van der Waals surface area contributed by atoms with Crippen LogP contribution in [0.2, 0.25) is 5.02 Å². The van der Waals surface area contributed by atoms with Crippen molar-refractivity contribution in [3.05, 3.63) is 98.8 Å². The van der Waals surface area contributed by atoms with Gasteiger partial charge in [-0.2, -0.15) is 8.42 Å². The third-order valence-electron chi connectivity index (χ3n) is 6.04. The number of carbonyl (C=O) groups excluding carboxylic acids is 2. The number of hydrogen-bond donors (Lipinski definition) is 0. The van der Waals surface area contributed by atoms with Gasteiger partial charge in [-0.3, -0.25) is 14.5 Å². The summed E-state index contributed by atoms with van der Waals surface area (Å²) in [6.45, 7) is 0.209. The zero-order valence-electron chi connectivity index (χ0n) is 21.4. The molecule has 0 spiro atoms. The Balaban J connectivity index is 1.30. The topological polar surface area (TPSA) is 99.2 Å². The summed E-state index contributed by atoms with van der Waals surface area (Å²) in [5, 5.41) is 1.94. The van der Waals surface area contributed by atoms with Crippen molar-refractivity contribution in [2.75, 3.05) is 20.3 Å². The molecule has 0 aliphatic carbocycles. The van der Waals surface area contributed by atoms with Gasteiger partial charge in [0, 0.05) is 10.4 Å². The predicted molar refractivity (Wildman–Crippen MR) is 162 cm³/mol. The van der Waals surface area contributed by atoms with Crippen LogP contribution in [0.5, 0.6) is 17.2 Å². The van der Waals surface area contributed by atoms with E-state index in [1.807, 2.05) is 42.5 Å². The quantitative estimate of drug-likeness (QED) is 0.136. The number of halogens is 2. The Morgan fingerprint density at radius 1 is 0.976 bits per heavy atom. The maximum Gasteiger partial charge on any atom is 0.339 e. The lowest BCUT2D eigenvalue weighted by Gasteiger charge is -2.14. The number of nitrogens with zero attached hydrogens (tertiary/aromatic N) is 1. The number of thioether (sulfide) groups is 1. The lowest BCUT2D eigenvalue weighted by atomic mass is 10.1. The highest BCUT2D eigenvalue weighted by Crippen LogP contribution is 2.40. The molecule has 4 aromatic carbocycles. The SMILES string of the molecule is COc1cc(/C=C2\SC(=O)N(CCOc3cccc4ccccc34)C2=O)cc(Br)c1OS(=O)(=O)c1ccc(Cl)cc1. The molecule has 0 aromatic heterocycles. The summed E-state index contributed by atoms with van der Waals surface area (Å²) in [6, 6.07) is 22.1. The number of hydrogen-bond acceptors (Lipinski definition) is 8. The lowest BCUT2D eigenvalue weighted by Crippen LogP contribution is -2.32. The molecule has 0 radical (unpaired) electrons. The van der Waals surface area contributed by atoms with E-state index in [0.29, 0.717) is 16.3 Å². The molecule has 8 nitrogen and oxygen atoms in total. The normalized spacial score (nSPS) is 14.6. The second-order valence-corrected chi connectivity index (χ2v) is 12.5. The average molecular weight is 675 g/mol. The van der Waals surface area contributed by atoms with E-state index < -0.39 is 21.3 Å². The van der Waals surface area contributed by atoms with E-state index in [2.05, 4.69) is 15.9 Å². The van der Waals surface area contributed by atoms with Gasteiger partial charge in [0.2, 0.25) is 0 Å². The molecule has 1 fully saturated rings. The Kier molecular flexibility index (Phi) is 8.60. The highest BCUT2D eigenvalue weighted by atomic mass is 79.9. The average Bonchev–Trinajstić information content (AvgIpc) is 3.21. The van der Waals surface area contributed by atoms with Crippen LogP contribution in [0, 0.1) is 0 Å². The maximum absolute atomic E-state index is 13.1. The molecule has 41 heavy (non-hydrogen) atoms. The number of ether oxygens (including phenoxy) is 2. The fraction of sp³-hybridized carbons (Fsp3) is 0.103. The van der Waals surface area contributed by atoms with Crippen LogP contribution in [0.4, 0.5) is 4.79 Å². The van der Waals surface area contributed by atoms with Gasteiger partial charge in [0.1, 0.15) is 17.3 Å². The molecule has 1 aliphatic heterocycles. The van der Waals surface area contributed by atoms with Gasteiger partial charge in [-0.25, -0.2) is 0 Å². The first-order valence-corrected chi connectivity index (χ1v) is 15.5. The van der Waals surface area contributed by atoms with E-state index in [0.717, 1.165) is 27.4 Å². The molecule has 0 unspecified atom stereocenters. The third kappa shape index (κ3) is 6.38. The minimum absolute atomic E-state index is 0.0710. The lowest BCUT2D eigenvalue weighted by molar-refractivity contribution is -0.123. The Morgan fingerprint density at radius 2 is 1.71 bits per heavy atom. The maximum atomic E-state index is 13.1.